The summed E-state index contributed by atoms with van der Waals surface area (Å²) in [6, 6.07) is 14.4. The molecule has 0 fully saturated rings. The summed E-state index contributed by atoms with van der Waals surface area (Å²) >= 11 is 5.84. The number of carbonyl (C=O) groups is 1. The quantitative estimate of drug-likeness (QED) is 0.721. The number of fused-ring (bicyclic) bond motifs is 1. The van der Waals surface area contributed by atoms with Crippen LogP contribution in [0.25, 0.3) is 11.3 Å². The van der Waals surface area contributed by atoms with Crippen LogP contribution in [0.2, 0.25) is 5.02 Å². The van der Waals surface area contributed by atoms with Crippen LogP contribution in [0.4, 0.5) is 4.39 Å². The third kappa shape index (κ3) is 3.59. The van der Waals surface area contributed by atoms with Crippen LogP contribution in [0.3, 0.4) is 0 Å². The van der Waals surface area contributed by atoms with Crippen molar-refractivity contribution in [1.29, 1.82) is 0 Å². The summed E-state index contributed by atoms with van der Waals surface area (Å²) in [5, 5.41) is 10.9. The lowest BCUT2D eigenvalue weighted by atomic mass is 10.1. The van der Waals surface area contributed by atoms with Crippen molar-refractivity contribution < 1.29 is 9.18 Å². The zero-order valence-corrected chi connectivity index (χ0v) is 15.4. The van der Waals surface area contributed by atoms with Gasteiger partial charge in [-0.2, -0.15) is 5.10 Å². The highest BCUT2D eigenvalue weighted by Gasteiger charge is 2.27. The second-order valence-corrected chi connectivity index (χ2v) is 6.99. The summed E-state index contributed by atoms with van der Waals surface area (Å²) in [6.45, 7) is 2.91. The molecule has 1 aliphatic heterocycles. The Balaban J connectivity index is 1.58. The first-order chi connectivity index (χ1) is 13.0. The number of nitrogens with zero attached hydrogens (tertiary/aromatic N) is 2. The molecule has 0 spiro atoms. The molecule has 5 nitrogen and oxygen atoms in total. The first kappa shape index (κ1) is 17.7. The number of amides is 1. The van der Waals surface area contributed by atoms with Gasteiger partial charge in [0.15, 0.2) is 0 Å². The lowest BCUT2D eigenvalue weighted by Gasteiger charge is -2.25. The molecule has 1 atom stereocenters. The zero-order chi connectivity index (χ0) is 19.0. The van der Waals surface area contributed by atoms with E-state index < -0.39 is 5.82 Å². The van der Waals surface area contributed by atoms with Crippen LogP contribution in [0.1, 0.15) is 27.8 Å². The molecule has 2 heterocycles. The average molecular weight is 385 g/mol. The molecule has 0 aliphatic carbocycles. The smallest absolute Gasteiger partial charge is 0.269 e. The number of rotatable bonds is 4. The molecule has 0 radical (unpaired) electrons. The van der Waals surface area contributed by atoms with Crippen LogP contribution in [0, 0.1) is 12.7 Å². The first-order valence-electron chi connectivity index (χ1n) is 8.63. The van der Waals surface area contributed by atoms with Gasteiger partial charge in [0.2, 0.25) is 0 Å². The van der Waals surface area contributed by atoms with E-state index in [0.717, 1.165) is 22.4 Å². The van der Waals surface area contributed by atoms with Crippen LogP contribution in [-0.2, 0) is 6.54 Å². The van der Waals surface area contributed by atoms with Gasteiger partial charge >= 0.3 is 0 Å². The molecule has 0 saturated carbocycles. The van der Waals surface area contributed by atoms with E-state index >= 15 is 0 Å². The summed E-state index contributed by atoms with van der Waals surface area (Å²) in [6.07, 6.45) is -0.208. The van der Waals surface area contributed by atoms with E-state index in [1.54, 1.807) is 22.9 Å². The number of hydrogen-bond donors (Lipinski definition) is 2. The molecule has 4 rings (SSSR count). The number of aryl methyl sites for hydroxylation is 1. The number of nitrogens with one attached hydrogen (secondary N) is 2. The highest BCUT2D eigenvalue weighted by atomic mass is 35.5. The van der Waals surface area contributed by atoms with Crippen molar-refractivity contribution in [2.75, 3.05) is 6.54 Å². The number of aromatic nitrogens is 2. The Kier molecular flexibility index (Phi) is 4.68. The molecule has 0 saturated heterocycles. The normalized spacial score (nSPS) is 16.1. The maximum Gasteiger partial charge on any atom is 0.269 e. The van der Waals surface area contributed by atoms with E-state index in [9.17, 15) is 9.18 Å². The maximum absolute atomic E-state index is 13.3. The van der Waals surface area contributed by atoms with Crippen LogP contribution >= 0.6 is 11.6 Å². The molecular weight excluding hydrogens is 367 g/mol. The molecule has 1 amide bonds. The molecular formula is C20H18ClFN4O. The summed E-state index contributed by atoms with van der Waals surface area (Å²) < 4.78 is 15.0. The van der Waals surface area contributed by atoms with Crippen LogP contribution in [-0.4, -0.2) is 22.2 Å². The fraction of sp³-hybridized carbons (Fsp3) is 0.200. The Bertz CT molecular complexity index is 1000. The van der Waals surface area contributed by atoms with E-state index in [-0.39, 0.29) is 17.1 Å². The lowest BCUT2D eigenvalue weighted by molar-refractivity contribution is 0.0900. The van der Waals surface area contributed by atoms with Crippen LogP contribution in [0.5, 0.6) is 0 Å². The summed E-state index contributed by atoms with van der Waals surface area (Å²) in [5.41, 5.74) is 4.23. The average Bonchev–Trinajstić information content (AvgIpc) is 3.11. The van der Waals surface area contributed by atoms with E-state index in [1.807, 2.05) is 31.2 Å². The molecule has 0 bridgehead atoms. The summed E-state index contributed by atoms with van der Waals surface area (Å²) in [4.78, 5) is 12.2. The highest BCUT2D eigenvalue weighted by molar-refractivity contribution is 6.30. The van der Waals surface area contributed by atoms with Crippen LogP contribution < -0.4 is 10.6 Å². The molecule has 7 heteroatoms. The van der Waals surface area contributed by atoms with E-state index in [2.05, 4.69) is 15.7 Å². The molecule has 2 N–H and O–H groups in total. The first-order valence-corrected chi connectivity index (χ1v) is 9.01. The number of benzene rings is 2. The van der Waals surface area contributed by atoms with Gasteiger partial charge in [0.05, 0.1) is 17.3 Å². The lowest BCUT2D eigenvalue weighted by Crippen LogP contribution is -2.45. The van der Waals surface area contributed by atoms with Crippen molar-refractivity contribution in [2.24, 2.45) is 0 Å². The predicted molar refractivity (Wildman–Crippen MR) is 102 cm³/mol. The van der Waals surface area contributed by atoms with Crippen LogP contribution in [0.15, 0.2) is 48.5 Å². The minimum Gasteiger partial charge on any atom is -0.347 e. The monoisotopic (exact) mass is 384 g/mol. The maximum atomic E-state index is 13.3. The summed E-state index contributed by atoms with van der Waals surface area (Å²) in [7, 11) is 0. The Hall–Kier alpha value is -2.70. The Morgan fingerprint density at radius 3 is 2.78 bits per heavy atom. The predicted octanol–water partition coefficient (Wildman–Crippen LogP) is 3.68. The van der Waals surface area contributed by atoms with Gasteiger partial charge in [0.25, 0.3) is 5.91 Å². The second kappa shape index (κ2) is 7.13. The van der Waals surface area contributed by atoms with Gasteiger partial charge in [-0.05, 0) is 30.7 Å². The van der Waals surface area contributed by atoms with Gasteiger partial charge in [-0.25, -0.2) is 9.07 Å². The number of hydrogen-bond acceptors (Lipinski definition) is 3. The zero-order valence-electron chi connectivity index (χ0n) is 14.7. The Morgan fingerprint density at radius 1 is 1.26 bits per heavy atom. The van der Waals surface area contributed by atoms with Gasteiger partial charge in [-0.3, -0.25) is 10.1 Å². The van der Waals surface area contributed by atoms with E-state index in [1.165, 1.54) is 6.07 Å². The van der Waals surface area contributed by atoms with Crippen molar-refractivity contribution in [2.45, 2.75) is 19.6 Å². The third-order valence-electron chi connectivity index (χ3n) is 4.59. The fourth-order valence-electron chi connectivity index (χ4n) is 3.08. The van der Waals surface area contributed by atoms with Gasteiger partial charge < -0.3 is 5.32 Å². The third-order valence-corrected chi connectivity index (χ3v) is 4.88. The number of halogens is 2. The molecule has 1 unspecified atom stereocenters. The Morgan fingerprint density at radius 2 is 2.04 bits per heavy atom. The van der Waals surface area contributed by atoms with Gasteiger partial charge in [-0.1, -0.05) is 47.5 Å². The van der Waals surface area contributed by atoms with Gasteiger partial charge in [0.1, 0.15) is 17.7 Å². The molecule has 1 aromatic heterocycles. The van der Waals surface area contributed by atoms with E-state index in [4.69, 9.17) is 11.6 Å². The van der Waals surface area contributed by atoms with Gasteiger partial charge in [-0.15, -0.1) is 0 Å². The molecule has 138 valence electrons. The standard InChI is InChI=1S/C20H18ClFN4O/c1-12-2-5-14(6-3-12)17-9-18-20(27)24-11-19(26(18)25-17)23-10-13-4-7-16(22)15(21)8-13/h2-9,19,23H,10-11H2,1H3,(H,24,27). The van der Waals surface area contributed by atoms with Gasteiger partial charge in [0, 0.05) is 12.1 Å². The topological polar surface area (TPSA) is 59.0 Å². The highest BCUT2D eigenvalue weighted by Crippen LogP contribution is 2.23. The molecule has 1 aliphatic rings. The van der Waals surface area contributed by atoms with Crippen molar-refractivity contribution in [1.82, 2.24) is 20.4 Å². The molecule has 2 aromatic carbocycles. The Labute approximate surface area is 161 Å². The second-order valence-electron chi connectivity index (χ2n) is 6.58. The van der Waals surface area contributed by atoms with E-state index in [0.29, 0.717) is 18.8 Å². The van der Waals surface area contributed by atoms with Crippen molar-refractivity contribution in [3.8, 4) is 11.3 Å². The molecule has 3 aromatic rings. The minimum atomic E-state index is -0.442. The fourth-order valence-corrected chi connectivity index (χ4v) is 3.28. The SMILES string of the molecule is Cc1ccc(-c2cc3n(n2)C(NCc2ccc(F)c(Cl)c2)CNC3=O)cc1. The summed E-state index contributed by atoms with van der Waals surface area (Å²) in [5.74, 6) is -0.591. The van der Waals surface area contributed by atoms with Crippen molar-refractivity contribution in [3.63, 3.8) is 0 Å². The van der Waals surface area contributed by atoms with Crippen molar-refractivity contribution in [3.05, 3.63) is 76.2 Å². The van der Waals surface area contributed by atoms with Crippen molar-refractivity contribution >= 4 is 17.5 Å². The minimum absolute atomic E-state index is 0.0904. The number of carbonyl (C=O) groups excluding carboxylic acids is 1. The molecule has 27 heavy (non-hydrogen) atoms. The largest absolute Gasteiger partial charge is 0.347 e.